The Morgan fingerprint density at radius 3 is 2.35 bits per heavy atom. The lowest BCUT2D eigenvalue weighted by Gasteiger charge is -2.55. The first kappa shape index (κ1) is 24.6. The Bertz CT molecular complexity index is 1310. The number of carbonyl (C=O) groups excluding carboxylic acids is 2. The highest BCUT2D eigenvalue weighted by Crippen LogP contribution is 2.37. The zero-order chi connectivity index (χ0) is 26.2. The number of benzene rings is 1. The van der Waals surface area contributed by atoms with Crippen LogP contribution in [0.15, 0.2) is 48.9 Å². The number of aromatic nitrogens is 3. The maximum absolute atomic E-state index is 13.3. The van der Waals surface area contributed by atoms with Crippen LogP contribution in [0.4, 0.5) is 26.4 Å². The summed E-state index contributed by atoms with van der Waals surface area (Å²) in [5.74, 6) is -0.435. The summed E-state index contributed by atoms with van der Waals surface area (Å²) in [6, 6.07) is 7.81. The molecule has 4 heterocycles. The van der Waals surface area contributed by atoms with Crippen molar-refractivity contribution >= 4 is 29.2 Å². The van der Waals surface area contributed by atoms with Gasteiger partial charge in [-0.2, -0.15) is 4.39 Å². The molecule has 192 valence electrons. The van der Waals surface area contributed by atoms with Crippen LogP contribution in [0.3, 0.4) is 0 Å². The van der Waals surface area contributed by atoms with Crippen LogP contribution in [0, 0.1) is 5.95 Å². The summed E-state index contributed by atoms with van der Waals surface area (Å²) in [5, 5.41) is 5.45. The summed E-state index contributed by atoms with van der Waals surface area (Å²) in [5.41, 5.74) is 1.27. The van der Waals surface area contributed by atoms with E-state index in [2.05, 4.69) is 30.5 Å². The van der Waals surface area contributed by atoms with Crippen LogP contribution >= 0.6 is 0 Å². The number of nitrogens with zero attached hydrogens (tertiary/aromatic N) is 4. The monoisotopic (exact) mass is 506 g/mol. The molecule has 0 unspecified atom stereocenters. The largest absolute Gasteiger partial charge is 0.444 e. The number of ether oxygens (including phenoxy) is 2. The quantitative estimate of drug-likeness (QED) is 0.493. The lowest BCUT2D eigenvalue weighted by molar-refractivity contribution is -0.161. The Labute approximate surface area is 213 Å². The summed E-state index contributed by atoms with van der Waals surface area (Å²) < 4.78 is 24.3. The van der Waals surface area contributed by atoms with Crippen molar-refractivity contribution in [3.8, 4) is 11.1 Å². The molecular formula is C26H27FN6O4. The molecule has 2 amide bonds. The molecule has 2 N–H and O–H groups in total. The van der Waals surface area contributed by atoms with E-state index in [1.54, 1.807) is 51.2 Å². The van der Waals surface area contributed by atoms with Gasteiger partial charge >= 0.3 is 6.09 Å². The molecule has 0 atom stereocenters. The zero-order valence-corrected chi connectivity index (χ0v) is 20.7. The maximum atomic E-state index is 13.3. The summed E-state index contributed by atoms with van der Waals surface area (Å²) in [6.07, 6.45) is 4.72. The van der Waals surface area contributed by atoms with Crippen LogP contribution in [-0.4, -0.2) is 57.9 Å². The van der Waals surface area contributed by atoms with Crippen LogP contribution in [0.1, 0.15) is 37.7 Å². The highest BCUT2D eigenvalue weighted by Gasteiger charge is 2.49. The fourth-order valence-electron chi connectivity index (χ4n) is 4.14. The Balaban J connectivity index is 1.35. The van der Waals surface area contributed by atoms with Crippen molar-refractivity contribution in [3.05, 3.63) is 60.6 Å². The molecule has 0 aliphatic carbocycles. The molecule has 2 aromatic heterocycles. The van der Waals surface area contributed by atoms with Crippen LogP contribution in [-0.2, 0) is 9.47 Å². The number of amides is 2. The zero-order valence-electron chi connectivity index (χ0n) is 20.7. The van der Waals surface area contributed by atoms with Gasteiger partial charge in [0.15, 0.2) is 0 Å². The average molecular weight is 507 g/mol. The van der Waals surface area contributed by atoms with E-state index < -0.39 is 23.5 Å². The molecule has 10 nitrogen and oxygen atoms in total. The van der Waals surface area contributed by atoms with Crippen LogP contribution in [0.5, 0.6) is 0 Å². The van der Waals surface area contributed by atoms with E-state index in [4.69, 9.17) is 9.47 Å². The normalized spacial score (nSPS) is 15.9. The number of anilines is 3. The Kier molecular flexibility index (Phi) is 6.24. The molecule has 11 heteroatoms. The number of carbonyl (C=O) groups is 2. The molecule has 2 fully saturated rings. The Hall–Kier alpha value is -4.12. The van der Waals surface area contributed by atoms with Crippen molar-refractivity contribution in [2.24, 2.45) is 0 Å². The van der Waals surface area contributed by atoms with Gasteiger partial charge in [0.05, 0.1) is 43.5 Å². The Morgan fingerprint density at radius 2 is 1.76 bits per heavy atom. The smallest absolute Gasteiger partial charge is 0.412 e. The van der Waals surface area contributed by atoms with Gasteiger partial charge in [-0.25, -0.2) is 19.7 Å². The van der Waals surface area contributed by atoms with E-state index in [0.717, 1.165) is 26.1 Å². The minimum Gasteiger partial charge on any atom is -0.444 e. The van der Waals surface area contributed by atoms with E-state index in [1.807, 2.05) is 0 Å². The van der Waals surface area contributed by atoms with E-state index in [1.165, 1.54) is 18.5 Å². The predicted octanol–water partition coefficient (Wildman–Crippen LogP) is 4.26. The van der Waals surface area contributed by atoms with Gasteiger partial charge in [-0.1, -0.05) is 6.07 Å². The second-order valence-electron chi connectivity index (χ2n) is 10.1. The lowest BCUT2D eigenvalue weighted by atomic mass is 9.86. The number of hydrogen-bond donors (Lipinski definition) is 2. The van der Waals surface area contributed by atoms with Crippen molar-refractivity contribution in [1.82, 2.24) is 15.0 Å². The van der Waals surface area contributed by atoms with E-state index in [0.29, 0.717) is 28.3 Å². The molecule has 0 saturated carbocycles. The first-order valence-corrected chi connectivity index (χ1v) is 11.9. The summed E-state index contributed by atoms with van der Waals surface area (Å²) in [6.45, 7) is 7.57. The number of pyridine rings is 1. The Morgan fingerprint density at radius 1 is 1.00 bits per heavy atom. The average Bonchev–Trinajstić information content (AvgIpc) is 2.78. The number of hydrogen-bond acceptors (Lipinski definition) is 8. The molecule has 5 rings (SSSR count). The van der Waals surface area contributed by atoms with Gasteiger partial charge in [-0.05, 0) is 50.6 Å². The van der Waals surface area contributed by atoms with Gasteiger partial charge in [-0.15, -0.1) is 0 Å². The minimum absolute atomic E-state index is 0.0413. The van der Waals surface area contributed by atoms with Crippen LogP contribution in [0.2, 0.25) is 0 Å². The first-order valence-electron chi connectivity index (χ1n) is 11.9. The molecule has 0 bridgehead atoms. The number of nitrogens with one attached hydrogen (secondary N) is 2. The van der Waals surface area contributed by atoms with Crippen molar-refractivity contribution in [1.29, 1.82) is 0 Å². The maximum Gasteiger partial charge on any atom is 0.412 e. The molecule has 1 spiro atoms. The van der Waals surface area contributed by atoms with Gasteiger partial charge in [-0.3, -0.25) is 10.1 Å². The first-order chi connectivity index (χ1) is 17.6. The number of rotatable bonds is 5. The third-order valence-electron chi connectivity index (χ3n) is 6.08. The molecule has 3 aromatic rings. The van der Waals surface area contributed by atoms with Gasteiger partial charge in [0.2, 0.25) is 5.95 Å². The van der Waals surface area contributed by atoms with Crippen LogP contribution in [0.25, 0.3) is 11.1 Å². The van der Waals surface area contributed by atoms with Gasteiger partial charge in [0.1, 0.15) is 22.7 Å². The van der Waals surface area contributed by atoms with E-state index in [9.17, 15) is 14.0 Å². The SMILES string of the molecule is CC(C)(C)OC(=O)Nc1ccc(-c2ccc(F)nc2)cc1NC(=O)c1cnc(N2CC3(CCO3)C2)cn1. The highest BCUT2D eigenvalue weighted by atomic mass is 19.1. The van der Waals surface area contributed by atoms with E-state index >= 15 is 0 Å². The molecule has 0 radical (unpaired) electrons. The van der Waals surface area contributed by atoms with E-state index in [-0.39, 0.29) is 11.3 Å². The number of halogens is 1. The molecule has 2 aliphatic heterocycles. The third kappa shape index (κ3) is 5.51. The van der Waals surface area contributed by atoms with Gasteiger partial charge in [0.25, 0.3) is 5.91 Å². The lowest BCUT2D eigenvalue weighted by Crippen LogP contribution is -2.68. The minimum atomic E-state index is -0.703. The second kappa shape index (κ2) is 9.40. The summed E-state index contributed by atoms with van der Waals surface area (Å²) in [7, 11) is 0. The topological polar surface area (TPSA) is 119 Å². The molecule has 37 heavy (non-hydrogen) atoms. The summed E-state index contributed by atoms with van der Waals surface area (Å²) >= 11 is 0. The van der Waals surface area contributed by atoms with Crippen LogP contribution < -0.4 is 15.5 Å². The van der Waals surface area contributed by atoms with Crippen molar-refractivity contribution in [2.45, 2.75) is 38.4 Å². The van der Waals surface area contributed by atoms with Crippen molar-refractivity contribution < 1.29 is 23.5 Å². The van der Waals surface area contributed by atoms with Gasteiger partial charge < -0.3 is 19.7 Å². The second-order valence-corrected chi connectivity index (χ2v) is 10.1. The predicted molar refractivity (Wildman–Crippen MR) is 135 cm³/mol. The van der Waals surface area contributed by atoms with Crippen molar-refractivity contribution in [3.63, 3.8) is 0 Å². The van der Waals surface area contributed by atoms with Gasteiger partial charge in [0, 0.05) is 18.2 Å². The molecule has 2 saturated heterocycles. The highest BCUT2D eigenvalue weighted by molar-refractivity contribution is 6.06. The molecule has 1 aromatic carbocycles. The fourth-order valence-corrected chi connectivity index (χ4v) is 4.14. The fraction of sp³-hybridized carbons (Fsp3) is 0.346. The van der Waals surface area contributed by atoms with Crippen molar-refractivity contribution in [2.75, 3.05) is 35.2 Å². The third-order valence-corrected chi connectivity index (χ3v) is 6.08. The summed E-state index contributed by atoms with van der Waals surface area (Å²) in [4.78, 5) is 39.8. The standard InChI is InChI=1S/C26H27FN6O4/c1-25(2,3)37-24(35)32-18-6-4-16(17-5-7-21(27)29-11-17)10-19(18)31-23(34)20-12-30-22(13-28-20)33-14-26(15-33)8-9-36-26/h4-7,10-13H,8-9,14-15H2,1-3H3,(H,31,34)(H,32,35). The molecular weight excluding hydrogens is 479 g/mol. The molecule has 2 aliphatic rings.